The molecule has 0 bridgehead atoms. The maximum Gasteiger partial charge on any atom is 0.124 e. The molecule has 2 rings (SSSR count). The van der Waals surface area contributed by atoms with Crippen molar-refractivity contribution in [2.45, 2.75) is 39.2 Å². The average molecular weight is 219 g/mol. The van der Waals surface area contributed by atoms with Crippen molar-refractivity contribution in [2.75, 3.05) is 13.2 Å². The van der Waals surface area contributed by atoms with Crippen LogP contribution in [0.25, 0.3) is 0 Å². The lowest BCUT2D eigenvalue weighted by Gasteiger charge is -2.15. The zero-order valence-electron chi connectivity index (χ0n) is 10.3. The first-order valence-electron chi connectivity index (χ1n) is 6.31. The van der Waals surface area contributed by atoms with Crippen LogP contribution in [0.5, 0.6) is 5.75 Å². The molecule has 1 aromatic rings. The second-order valence-electron chi connectivity index (χ2n) is 4.41. The van der Waals surface area contributed by atoms with Gasteiger partial charge in [0.1, 0.15) is 12.4 Å². The summed E-state index contributed by atoms with van der Waals surface area (Å²) in [7, 11) is 0. The molecule has 1 N–H and O–H groups in total. The summed E-state index contributed by atoms with van der Waals surface area (Å²) in [6.07, 6.45) is 2.40. The van der Waals surface area contributed by atoms with Crippen molar-refractivity contribution in [3.63, 3.8) is 0 Å². The Morgan fingerprint density at radius 1 is 1.31 bits per heavy atom. The van der Waals surface area contributed by atoms with Gasteiger partial charge in [0.05, 0.1) is 0 Å². The summed E-state index contributed by atoms with van der Waals surface area (Å²) in [5, 5.41) is 3.36. The van der Waals surface area contributed by atoms with Crippen molar-refractivity contribution < 1.29 is 4.74 Å². The van der Waals surface area contributed by atoms with E-state index >= 15 is 0 Å². The minimum absolute atomic E-state index is 0.671. The molecule has 0 fully saturated rings. The zero-order valence-corrected chi connectivity index (χ0v) is 10.3. The first-order chi connectivity index (χ1) is 7.85. The van der Waals surface area contributed by atoms with E-state index in [1.807, 2.05) is 0 Å². The summed E-state index contributed by atoms with van der Waals surface area (Å²) in [4.78, 5) is 0. The predicted octanol–water partition coefficient (Wildman–Crippen LogP) is 3.07. The Balaban J connectivity index is 2.26. The minimum atomic E-state index is 0.671. The average Bonchev–Trinajstić information content (AvgIpc) is 2.55. The van der Waals surface area contributed by atoms with Crippen LogP contribution in [0.15, 0.2) is 18.2 Å². The maximum atomic E-state index is 5.77. The van der Waals surface area contributed by atoms with Gasteiger partial charge in [-0.1, -0.05) is 26.0 Å². The molecule has 2 nitrogen and oxygen atoms in total. The van der Waals surface area contributed by atoms with Crippen LogP contribution in [-0.2, 0) is 6.54 Å². The second kappa shape index (κ2) is 5.35. The van der Waals surface area contributed by atoms with Gasteiger partial charge >= 0.3 is 0 Å². The van der Waals surface area contributed by atoms with Crippen LogP contribution in [0.3, 0.4) is 0 Å². The highest BCUT2D eigenvalue weighted by Crippen LogP contribution is 2.29. The molecular weight excluding hydrogens is 198 g/mol. The van der Waals surface area contributed by atoms with Gasteiger partial charge < -0.3 is 10.1 Å². The van der Waals surface area contributed by atoms with Crippen LogP contribution in [0.1, 0.15) is 43.7 Å². The van der Waals surface area contributed by atoms with E-state index in [4.69, 9.17) is 4.74 Å². The third kappa shape index (κ3) is 2.38. The molecule has 1 aliphatic heterocycles. The van der Waals surface area contributed by atoms with E-state index in [-0.39, 0.29) is 0 Å². The Morgan fingerprint density at radius 2 is 2.12 bits per heavy atom. The van der Waals surface area contributed by atoms with Gasteiger partial charge in [-0.25, -0.2) is 0 Å². The van der Waals surface area contributed by atoms with E-state index in [0.717, 1.165) is 25.4 Å². The lowest BCUT2D eigenvalue weighted by molar-refractivity contribution is 0.325. The lowest BCUT2D eigenvalue weighted by atomic mass is 9.93. The topological polar surface area (TPSA) is 21.3 Å². The van der Waals surface area contributed by atoms with E-state index < -0.39 is 0 Å². The Kier molecular flexibility index (Phi) is 3.83. The first kappa shape index (κ1) is 11.5. The van der Waals surface area contributed by atoms with Crippen LogP contribution >= 0.6 is 0 Å². The molecule has 1 aliphatic rings. The predicted molar refractivity (Wildman–Crippen MR) is 67.0 cm³/mol. The Morgan fingerprint density at radius 3 is 2.88 bits per heavy atom. The van der Waals surface area contributed by atoms with E-state index in [1.54, 1.807) is 0 Å². The normalized spacial score (nSPS) is 15.4. The van der Waals surface area contributed by atoms with Crippen molar-refractivity contribution in [3.05, 3.63) is 29.3 Å². The van der Waals surface area contributed by atoms with Crippen LogP contribution in [0.4, 0.5) is 0 Å². The molecule has 2 heteroatoms. The van der Waals surface area contributed by atoms with Crippen molar-refractivity contribution in [1.29, 1.82) is 0 Å². The number of hydrogen-bond donors (Lipinski definition) is 1. The number of hydrogen-bond acceptors (Lipinski definition) is 2. The largest absolute Gasteiger partial charge is 0.492 e. The molecule has 16 heavy (non-hydrogen) atoms. The molecule has 0 aliphatic carbocycles. The van der Waals surface area contributed by atoms with E-state index in [2.05, 4.69) is 37.4 Å². The van der Waals surface area contributed by atoms with Gasteiger partial charge in [-0.05, 0) is 30.4 Å². The lowest BCUT2D eigenvalue weighted by Crippen LogP contribution is -2.16. The molecule has 0 aromatic heterocycles. The molecule has 0 amide bonds. The summed E-state index contributed by atoms with van der Waals surface area (Å²) in [5.41, 5.74) is 2.71. The fourth-order valence-electron chi connectivity index (χ4n) is 2.32. The molecule has 0 radical (unpaired) electrons. The highest BCUT2D eigenvalue weighted by Gasteiger charge is 2.12. The first-order valence-corrected chi connectivity index (χ1v) is 6.31. The van der Waals surface area contributed by atoms with E-state index in [1.165, 1.54) is 24.0 Å². The Labute approximate surface area is 98.0 Å². The monoisotopic (exact) mass is 219 g/mol. The second-order valence-corrected chi connectivity index (χ2v) is 4.41. The number of ether oxygens (including phenoxy) is 1. The van der Waals surface area contributed by atoms with Crippen molar-refractivity contribution in [1.82, 2.24) is 5.32 Å². The van der Waals surface area contributed by atoms with Crippen LogP contribution < -0.4 is 10.1 Å². The number of benzene rings is 1. The van der Waals surface area contributed by atoms with Gasteiger partial charge in [0.25, 0.3) is 0 Å². The Hall–Kier alpha value is -1.02. The van der Waals surface area contributed by atoms with Crippen molar-refractivity contribution >= 4 is 0 Å². The van der Waals surface area contributed by atoms with Gasteiger partial charge in [0.15, 0.2) is 0 Å². The summed E-state index contributed by atoms with van der Waals surface area (Å²) in [5.74, 6) is 1.75. The quantitative estimate of drug-likeness (QED) is 0.843. The molecule has 0 saturated heterocycles. The molecule has 88 valence electrons. The number of rotatable bonds is 3. The maximum absolute atomic E-state index is 5.77. The molecular formula is C14H21NO. The third-order valence-electron chi connectivity index (χ3n) is 3.40. The highest BCUT2D eigenvalue weighted by molar-refractivity contribution is 5.39. The molecule has 1 aromatic carbocycles. The highest BCUT2D eigenvalue weighted by atomic mass is 16.5. The number of nitrogens with one attached hydrogen (secondary N) is 1. The number of fused-ring (bicyclic) bond motifs is 1. The van der Waals surface area contributed by atoms with Gasteiger partial charge in [-0.15, -0.1) is 0 Å². The third-order valence-corrected chi connectivity index (χ3v) is 3.40. The fraction of sp³-hybridized carbons (Fsp3) is 0.571. The Bertz CT molecular complexity index is 345. The molecule has 1 heterocycles. The molecule has 0 unspecified atom stereocenters. The molecule has 0 atom stereocenters. The van der Waals surface area contributed by atoms with Gasteiger partial charge in [-0.3, -0.25) is 0 Å². The standard InChI is InChI=1S/C14H21NO/c1-3-11(4-2)12-5-6-13-10-15-7-8-16-14(13)9-12/h5-6,9,11,15H,3-4,7-8,10H2,1-2H3. The van der Waals surface area contributed by atoms with Crippen LogP contribution in [0.2, 0.25) is 0 Å². The molecule has 0 saturated carbocycles. The minimum Gasteiger partial charge on any atom is -0.492 e. The van der Waals surface area contributed by atoms with Crippen molar-refractivity contribution in [3.8, 4) is 5.75 Å². The summed E-state index contributed by atoms with van der Waals surface area (Å²) in [6, 6.07) is 6.70. The summed E-state index contributed by atoms with van der Waals surface area (Å²) in [6.45, 7) is 7.15. The van der Waals surface area contributed by atoms with Crippen LogP contribution in [-0.4, -0.2) is 13.2 Å². The van der Waals surface area contributed by atoms with Gasteiger partial charge in [-0.2, -0.15) is 0 Å². The van der Waals surface area contributed by atoms with Crippen molar-refractivity contribution in [2.24, 2.45) is 0 Å². The fourth-order valence-corrected chi connectivity index (χ4v) is 2.32. The van der Waals surface area contributed by atoms with E-state index in [9.17, 15) is 0 Å². The SMILES string of the molecule is CCC(CC)c1ccc2c(c1)OCCNC2. The zero-order chi connectivity index (χ0) is 11.4. The molecule has 0 spiro atoms. The van der Waals surface area contributed by atoms with Gasteiger partial charge in [0.2, 0.25) is 0 Å². The van der Waals surface area contributed by atoms with Gasteiger partial charge in [0, 0.05) is 18.7 Å². The summed E-state index contributed by atoms with van der Waals surface area (Å²) < 4.78 is 5.77. The van der Waals surface area contributed by atoms with E-state index in [0.29, 0.717) is 5.92 Å². The smallest absolute Gasteiger partial charge is 0.124 e. The van der Waals surface area contributed by atoms with Crippen LogP contribution in [0, 0.1) is 0 Å². The summed E-state index contributed by atoms with van der Waals surface area (Å²) >= 11 is 0.